The second-order valence-electron chi connectivity index (χ2n) is 5.48. The predicted octanol–water partition coefficient (Wildman–Crippen LogP) is 0.476. The van der Waals surface area contributed by atoms with Crippen molar-refractivity contribution in [3.05, 3.63) is 0 Å². The van der Waals surface area contributed by atoms with E-state index in [0.717, 1.165) is 51.9 Å². The van der Waals surface area contributed by atoms with Crippen molar-refractivity contribution in [3.8, 4) is 0 Å². The second-order valence-corrected chi connectivity index (χ2v) is 5.48. The van der Waals surface area contributed by atoms with Gasteiger partial charge in [-0.1, -0.05) is 0 Å². The number of rotatable bonds is 5. The minimum atomic E-state index is 0.514. The van der Waals surface area contributed by atoms with Crippen LogP contribution in [-0.4, -0.2) is 63.0 Å². The number of morpholine rings is 1. The first-order valence-electron chi connectivity index (χ1n) is 7.08. The van der Waals surface area contributed by atoms with Crippen LogP contribution in [0.5, 0.6) is 0 Å². The van der Waals surface area contributed by atoms with Crippen molar-refractivity contribution < 1.29 is 9.47 Å². The molecular formula is C13H24N2O2. The lowest BCUT2D eigenvalue weighted by molar-refractivity contribution is 0.0370. The summed E-state index contributed by atoms with van der Waals surface area (Å²) in [6.07, 6.45) is 4.47. The maximum Gasteiger partial charge on any atom is 0.0756 e. The lowest BCUT2D eigenvalue weighted by Crippen LogP contribution is -2.44. The Hall–Kier alpha value is -0.160. The van der Waals surface area contributed by atoms with Crippen LogP contribution in [0.3, 0.4) is 0 Å². The Morgan fingerprint density at radius 1 is 1.06 bits per heavy atom. The van der Waals surface area contributed by atoms with Crippen molar-refractivity contribution >= 4 is 0 Å². The third-order valence-electron chi connectivity index (χ3n) is 4.16. The fourth-order valence-corrected chi connectivity index (χ4v) is 2.95. The number of nitrogens with zero attached hydrogens (tertiary/aromatic N) is 1. The van der Waals surface area contributed by atoms with Crippen LogP contribution in [-0.2, 0) is 9.47 Å². The van der Waals surface area contributed by atoms with Crippen molar-refractivity contribution in [3.63, 3.8) is 0 Å². The first kappa shape index (κ1) is 11.9. The van der Waals surface area contributed by atoms with E-state index in [-0.39, 0.29) is 0 Å². The minimum absolute atomic E-state index is 0.514. The SMILES string of the molecule is C(CN1CCOCC1)NC1CCOC1C1CC1. The molecule has 2 saturated heterocycles. The summed E-state index contributed by atoms with van der Waals surface area (Å²) in [4.78, 5) is 2.48. The molecule has 3 fully saturated rings. The largest absolute Gasteiger partial charge is 0.379 e. The molecule has 0 bridgehead atoms. The summed E-state index contributed by atoms with van der Waals surface area (Å²) in [6.45, 7) is 7.18. The predicted molar refractivity (Wildman–Crippen MR) is 66.1 cm³/mol. The first-order valence-corrected chi connectivity index (χ1v) is 7.08. The van der Waals surface area contributed by atoms with Crippen LogP contribution >= 0.6 is 0 Å². The molecule has 2 aliphatic heterocycles. The zero-order chi connectivity index (χ0) is 11.5. The van der Waals surface area contributed by atoms with E-state index in [1.807, 2.05) is 0 Å². The normalized spacial score (nSPS) is 35.3. The zero-order valence-electron chi connectivity index (χ0n) is 10.6. The van der Waals surface area contributed by atoms with Gasteiger partial charge in [0.2, 0.25) is 0 Å². The molecule has 4 heteroatoms. The minimum Gasteiger partial charge on any atom is -0.379 e. The van der Waals surface area contributed by atoms with Crippen LogP contribution in [0.4, 0.5) is 0 Å². The Bertz CT molecular complexity index is 240. The fraction of sp³-hybridized carbons (Fsp3) is 1.00. The van der Waals surface area contributed by atoms with E-state index >= 15 is 0 Å². The van der Waals surface area contributed by atoms with Crippen molar-refractivity contribution in [1.82, 2.24) is 10.2 Å². The molecule has 98 valence electrons. The van der Waals surface area contributed by atoms with E-state index in [4.69, 9.17) is 9.47 Å². The van der Waals surface area contributed by atoms with Gasteiger partial charge >= 0.3 is 0 Å². The lowest BCUT2D eigenvalue weighted by Gasteiger charge is -2.27. The molecule has 0 aromatic carbocycles. The van der Waals surface area contributed by atoms with Crippen LogP contribution < -0.4 is 5.32 Å². The van der Waals surface area contributed by atoms with E-state index in [1.165, 1.54) is 19.3 Å². The van der Waals surface area contributed by atoms with Crippen LogP contribution in [0.15, 0.2) is 0 Å². The highest BCUT2D eigenvalue weighted by Crippen LogP contribution is 2.38. The summed E-state index contributed by atoms with van der Waals surface area (Å²) < 4.78 is 11.2. The monoisotopic (exact) mass is 240 g/mol. The third kappa shape index (κ3) is 3.19. The second kappa shape index (κ2) is 5.65. The summed E-state index contributed by atoms with van der Waals surface area (Å²) in [5, 5.41) is 3.69. The molecule has 4 nitrogen and oxygen atoms in total. The Kier molecular flexibility index (Phi) is 3.96. The van der Waals surface area contributed by atoms with Gasteiger partial charge < -0.3 is 14.8 Å². The van der Waals surface area contributed by atoms with Crippen LogP contribution in [0, 0.1) is 5.92 Å². The number of hydrogen-bond acceptors (Lipinski definition) is 4. The smallest absolute Gasteiger partial charge is 0.0756 e. The molecule has 0 aromatic heterocycles. The molecular weight excluding hydrogens is 216 g/mol. The average Bonchev–Trinajstić information content (AvgIpc) is 3.11. The Labute approximate surface area is 104 Å². The van der Waals surface area contributed by atoms with Gasteiger partial charge in [0.15, 0.2) is 0 Å². The van der Waals surface area contributed by atoms with Gasteiger partial charge in [0.1, 0.15) is 0 Å². The van der Waals surface area contributed by atoms with Crippen LogP contribution in [0.1, 0.15) is 19.3 Å². The lowest BCUT2D eigenvalue weighted by atomic mass is 10.1. The van der Waals surface area contributed by atoms with Gasteiger partial charge in [0.25, 0.3) is 0 Å². The highest BCUT2D eigenvalue weighted by molar-refractivity contribution is 4.93. The molecule has 2 unspecified atom stereocenters. The molecule has 2 atom stereocenters. The summed E-state index contributed by atoms with van der Waals surface area (Å²) in [5.41, 5.74) is 0. The Morgan fingerprint density at radius 2 is 1.88 bits per heavy atom. The molecule has 17 heavy (non-hydrogen) atoms. The number of ether oxygens (including phenoxy) is 2. The summed E-state index contributed by atoms with van der Waals surface area (Å²) in [5.74, 6) is 0.860. The van der Waals surface area contributed by atoms with E-state index in [1.54, 1.807) is 0 Å². The molecule has 1 saturated carbocycles. The summed E-state index contributed by atoms with van der Waals surface area (Å²) >= 11 is 0. The molecule has 0 spiro atoms. The van der Waals surface area contributed by atoms with Crippen molar-refractivity contribution in [2.75, 3.05) is 46.0 Å². The van der Waals surface area contributed by atoms with Gasteiger partial charge in [-0.05, 0) is 25.2 Å². The maximum absolute atomic E-state index is 5.84. The van der Waals surface area contributed by atoms with Crippen LogP contribution in [0.2, 0.25) is 0 Å². The Morgan fingerprint density at radius 3 is 2.65 bits per heavy atom. The fourth-order valence-electron chi connectivity index (χ4n) is 2.95. The highest BCUT2D eigenvalue weighted by Gasteiger charge is 2.40. The topological polar surface area (TPSA) is 33.7 Å². The zero-order valence-corrected chi connectivity index (χ0v) is 10.6. The molecule has 1 aliphatic carbocycles. The van der Waals surface area contributed by atoms with Gasteiger partial charge in [0.05, 0.1) is 19.3 Å². The standard InChI is InChI=1S/C13H24N2O2/c1-2-11(1)13-12(3-8-17-13)14-4-5-15-6-9-16-10-7-15/h11-14H,1-10H2. The average molecular weight is 240 g/mol. The van der Waals surface area contributed by atoms with Gasteiger partial charge in [-0.2, -0.15) is 0 Å². The van der Waals surface area contributed by atoms with E-state index in [2.05, 4.69) is 10.2 Å². The van der Waals surface area contributed by atoms with Gasteiger partial charge in [-0.25, -0.2) is 0 Å². The molecule has 3 rings (SSSR count). The van der Waals surface area contributed by atoms with Gasteiger partial charge in [0, 0.05) is 38.8 Å². The van der Waals surface area contributed by atoms with Crippen molar-refractivity contribution in [1.29, 1.82) is 0 Å². The molecule has 0 amide bonds. The molecule has 1 N–H and O–H groups in total. The van der Waals surface area contributed by atoms with Gasteiger partial charge in [-0.15, -0.1) is 0 Å². The van der Waals surface area contributed by atoms with Crippen LogP contribution in [0.25, 0.3) is 0 Å². The van der Waals surface area contributed by atoms with E-state index in [9.17, 15) is 0 Å². The molecule has 3 aliphatic rings. The van der Waals surface area contributed by atoms with Crippen molar-refractivity contribution in [2.45, 2.75) is 31.4 Å². The molecule has 0 aromatic rings. The molecule has 2 heterocycles. The quantitative estimate of drug-likeness (QED) is 0.758. The summed E-state index contributed by atoms with van der Waals surface area (Å²) in [7, 11) is 0. The Balaban J connectivity index is 1.35. The highest BCUT2D eigenvalue weighted by atomic mass is 16.5. The number of hydrogen-bond donors (Lipinski definition) is 1. The third-order valence-corrected chi connectivity index (χ3v) is 4.16. The van der Waals surface area contributed by atoms with Gasteiger partial charge in [-0.3, -0.25) is 4.90 Å². The molecule has 0 radical (unpaired) electrons. The number of nitrogens with one attached hydrogen (secondary N) is 1. The van der Waals surface area contributed by atoms with E-state index in [0.29, 0.717) is 12.1 Å². The maximum atomic E-state index is 5.84. The van der Waals surface area contributed by atoms with E-state index < -0.39 is 0 Å². The first-order chi connectivity index (χ1) is 8.43. The summed E-state index contributed by atoms with van der Waals surface area (Å²) in [6, 6.07) is 0.614. The van der Waals surface area contributed by atoms with Crippen molar-refractivity contribution in [2.24, 2.45) is 5.92 Å².